The summed E-state index contributed by atoms with van der Waals surface area (Å²) in [6.45, 7) is 1.85. The van der Waals surface area contributed by atoms with E-state index in [0.717, 1.165) is 0 Å². The first-order chi connectivity index (χ1) is 11.9. The number of esters is 1. The third-order valence-corrected chi connectivity index (χ3v) is 4.87. The predicted octanol–water partition coefficient (Wildman–Crippen LogP) is 2.30. The van der Waals surface area contributed by atoms with Crippen LogP contribution in [0.2, 0.25) is 0 Å². The summed E-state index contributed by atoms with van der Waals surface area (Å²) < 4.78 is 6.48. The standard InChI is InChI=1S/C18H21N3O4/c1-10-9-11(6-7-13(10)22)17(23)20-14-12-5-4-8-19-16(12)21(2)15(14)18(24)25-3/h4-5,8,10-11H,6-7,9H2,1-3H3,(H,20,23). The highest BCUT2D eigenvalue weighted by atomic mass is 16.5. The fourth-order valence-corrected chi connectivity index (χ4v) is 3.43. The number of rotatable bonds is 3. The molecule has 0 saturated heterocycles. The van der Waals surface area contributed by atoms with Crippen LogP contribution < -0.4 is 5.32 Å². The second-order valence-electron chi connectivity index (χ2n) is 6.48. The van der Waals surface area contributed by atoms with Crippen LogP contribution in [0.3, 0.4) is 0 Å². The van der Waals surface area contributed by atoms with Gasteiger partial charge in [0, 0.05) is 36.9 Å². The van der Waals surface area contributed by atoms with Crippen molar-refractivity contribution in [2.75, 3.05) is 12.4 Å². The summed E-state index contributed by atoms with van der Waals surface area (Å²) >= 11 is 0. The van der Waals surface area contributed by atoms with Gasteiger partial charge in [-0.25, -0.2) is 9.78 Å². The Morgan fingerprint density at radius 3 is 2.84 bits per heavy atom. The number of hydrogen-bond donors (Lipinski definition) is 1. The summed E-state index contributed by atoms with van der Waals surface area (Å²) in [6, 6.07) is 3.55. The highest BCUT2D eigenvalue weighted by Crippen LogP contribution is 2.32. The monoisotopic (exact) mass is 343 g/mol. The van der Waals surface area contributed by atoms with Crippen LogP contribution in [-0.4, -0.2) is 34.3 Å². The van der Waals surface area contributed by atoms with Crippen molar-refractivity contribution in [3.63, 3.8) is 0 Å². The molecule has 0 bridgehead atoms. The van der Waals surface area contributed by atoms with E-state index >= 15 is 0 Å². The van der Waals surface area contributed by atoms with Gasteiger partial charge >= 0.3 is 5.97 Å². The van der Waals surface area contributed by atoms with E-state index in [2.05, 4.69) is 10.3 Å². The van der Waals surface area contributed by atoms with Crippen LogP contribution in [0.1, 0.15) is 36.7 Å². The summed E-state index contributed by atoms with van der Waals surface area (Å²) in [5.41, 5.74) is 1.25. The number of carbonyl (C=O) groups is 3. The van der Waals surface area contributed by atoms with E-state index in [0.29, 0.717) is 36.0 Å². The number of ether oxygens (including phenoxy) is 1. The number of aryl methyl sites for hydroxylation is 1. The minimum absolute atomic E-state index is 0.112. The van der Waals surface area contributed by atoms with Gasteiger partial charge in [-0.15, -0.1) is 0 Å². The summed E-state index contributed by atoms with van der Waals surface area (Å²) in [6.07, 6.45) is 3.11. The van der Waals surface area contributed by atoms with Gasteiger partial charge < -0.3 is 14.6 Å². The van der Waals surface area contributed by atoms with Crippen molar-refractivity contribution in [1.82, 2.24) is 9.55 Å². The number of fused-ring (bicyclic) bond motifs is 1. The maximum Gasteiger partial charge on any atom is 0.356 e. The Bertz CT molecular complexity index is 855. The van der Waals surface area contributed by atoms with Crippen molar-refractivity contribution in [2.45, 2.75) is 26.2 Å². The lowest BCUT2D eigenvalue weighted by Crippen LogP contribution is -2.31. The molecule has 0 aliphatic heterocycles. The highest BCUT2D eigenvalue weighted by Gasteiger charge is 2.32. The summed E-state index contributed by atoms with van der Waals surface area (Å²) in [4.78, 5) is 40.9. The first kappa shape index (κ1) is 17.1. The second-order valence-corrected chi connectivity index (χ2v) is 6.48. The third kappa shape index (κ3) is 3.01. The number of nitrogens with zero attached hydrogens (tertiary/aromatic N) is 2. The molecule has 2 heterocycles. The predicted molar refractivity (Wildman–Crippen MR) is 92.2 cm³/mol. The molecular formula is C18H21N3O4. The van der Waals surface area contributed by atoms with Crippen LogP contribution in [0.4, 0.5) is 5.69 Å². The molecule has 132 valence electrons. The molecule has 0 spiro atoms. The van der Waals surface area contributed by atoms with Gasteiger partial charge in [0.05, 0.1) is 12.8 Å². The van der Waals surface area contributed by atoms with Crippen LogP contribution in [-0.2, 0) is 21.4 Å². The molecule has 1 aliphatic rings. The van der Waals surface area contributed by atoms with Gasteiger partial charge in [0.2, 0.25) is 5.91 Å². The lowest BCUT2D eigenvalue weighted by Gasteiger charge is -2.24. The lowest BCUT2D eigenvalue weighted by molar-refractivity contribution is -0.128. The minimum atomic E-state index is -0.539. The zero-order valence-electron chi connectivity index (χ0n) is 14.5. The van der Waals surface area contributed by atoms with E-state index < -0.39 is 5.97 Å². The molecule has 3 rings (SSSR count). The highest BCUT2D eigenvalue weighted by molar-refractivity contribution is 6.11. The molecule has 25 heavy (non-hydrogen) atoms. The van der Waals surface area contributed by atoms with E-state index in [1.807, 2.05) is 6.92 Å². The fourth-order valence-electron chi connectivity index (χ4n) is 3.43. The van der Waals surface area contributed by atoms with Gasteiger partial charge in [0.15, 0.2) is 5.69 Å². The molecule has 1 fully saturated rings. The number of aromatic nitrogens is 2. The van der Waals surface area contributed by atoms with Gasteiger partial charge in [-0.2, -0.15) is 0 Å². The smallest absolute Gasteiger partial charge is 0.356 e. The molecule has 0 aromatic carbocycles. The van der Waals surface area contributed by atoms with Crippen LogP contribution >= 0.6 is 0 Å². The fraction of sp³-hybridized carbons (Fsp3) is 0.444. The number of nitrogens with one attached hydrogen (secondary N) is 1. The van der Waals surface area contributed by atoms with Crippen molar-refractivity contribution in [2.24, 2.45) is 18.9 Å². The molecule has 2 aromatic heterocycles. The molecule has 1 aliphatic carbocycles. The van der Waals surface area contributed by atoms with Crippen molar-refractivity contribution < 1.29 is 19.1 Å². The minimum Gasteiger partial charge on any atom is -0.464 e. The molecule has 7 nitrogen and oxygen atoms in total. The van der Waals surface area contributed by atoms with Crippen molar-refractivity contribution in [1.29, 1.82) is 0 Å². The van der Waals surface area contributed by atoms with Crippen LogP contribution in [0.15, 0.2) is 18.3 Å². The van der Waals surface area contributed by atoms with E-state index in [9.17, 15) is 14.4 Å². The van der Waals surface area contributed by atoms with Crippen molar-refractivity contribution >= 4 is 34.4 Å². The number of ketones is 1. The molecule has 2 atom stereocenters. The van der Waals surface area contributed by atoms with Gasteiger partial charge in [-0.3, -0.25) is 9.59 Å². The summed E-state index contributed by atoms with van der Waals surface area (Å²) in [5.74, 6) is -0.874. The zero-order chi connectivity index (χ0) is 18.1. The molecule has 2 unspecified atom stereocenters. The van der Waals surface area contributed by atoms with Gasteiger partial charge in [-0.1, -0.05) is 6.92 Å². The van der Waals surface area contributed by atoms with E-state index in [-0.39, 0.29) is 29.2 Å². The Labute approximate surface area is 145 Å². The average molecular weight is 343 g/mol. The number of pyridine rings is 1. The van der Waals surface area contributed by atoms with Crippen LogP contribution in [0, 0.1) is 11.8 Å². The molecule has 1 N–H and O–H groups in total. The number of methoxy groups -OCH3 is 1. The van der Waals surface area contributed by atoms with E-state index in [4.69, 9.17) is 4.74 Å². The first-order valence-electron chi connectivity index (χ1n) is 8.29. The van der Waals surface area contributed by atoms with Gasteiger partial charge in [0.25, 0.3) is 0 Å². The average Bonchev–Trinajstić information content (AvgIpc) is 2.89. The topological polar surface area (TPSA) is 90.3 Å². The quantitative estimate of drug-likeness (QED) is 0.864. The lowest BCUT2D eigenvalue weighted by atomic mass is 9.81. The molecular weight excluding hydrogens is 322 g/mol. The molecule has 2 aromatic rings. The van der Waals surface area contributed by atoms with Crippen LogP contribution in [0.25, 0.3) is 11.0 Å². The Morgan fingerprint density at radius 1 is 1.40 bits per heavy atom. The van der Waals surface area contributed by atoms with Crippen molar-refractivity contribution in [3.05, 3.63) is 24.0 Å². The number of Topliss-reactive ketones (excluding diaryl/α,β-unsaturated/α-hetero) is 1. The number of amides is 1. The Hall–Kier alpha value is -2.70. The Kier molecular flexibility index (Phi) is 4.57. The van der Waals surface area contributed by atoms with E-state index in [1.54, 1.807) is 29.9 Å². The largest absolute Gasteiger partial charge is 0.464 e. The Balaban J connectivity index is 1.96. The number of hydrogen-bond acceptors (Lipinski definition) is 5. The molecule has 1 amide bonds. The normalized spacial score (nSPS) is 20.5. The van der Waals surface area contributed by atoms with Gasteiger partial charge in [-0.05, 0) is 25.0 Å². The Morgan fingerprint density at radius 2 is 2.16 bits per heavy atom. The maximum absolute atomic E-state index is 12.7. The maximum atomic E-state index is 12.7. The third-order valence-electron chi connectivity index (χ3n) is 4.87. The zero-order valence-corrected chi connectivity index (χ0v) is 14.5. The molecule has 7 heteroatoms. The SMILES string of the molecule is COC(=O)c1c(NC(=O)C2CCC(=O)C(C)C2)c2cccnc2n1C. The summed E-state index contributed by atoms with van der Waals surface area (Å²) in [5, 5.41) is 3.56. The summed E-state index contributed by atoms with van der Waals surface area (Å²) in [7, 11) is 3.01. The first-order valence-corrected chi connectivity index (χ1v) is 8.29. The van der Waals surface area contributed by atoms with E-state index in [1.165, 1.54) is 7.11 Å². The number of carbonyl (C=O) groups excluding carboxylic acids is 3. The van der Waals surface area contributed by atoms with Gasteiger partial charge in [0.1, 0.15) is 11.4 Å². The molecule has 0 radical (unpaired) electrons. The number of anilines is 1. The van der Waals surface area contributed by atoms with Crippen molar-refractivity contribution in [3.8, 4) is 0 Å². The second kappa shape index (κ2) is 6.66. The molecule has 1 saturated carbocycles. The van der Waals surface area contributed by atoms with Crippen LogP contribution in [0.5, 0.6) is 0 Å².